The van der Waals surface area contributed by atoms with E-state index in [-0.39, 0.29) is 5.76 Å². The fraction of sp³-hybridized carbons (Fsp3) is 0.216. The predicted octanol–water partition coefficient (Wildman–Crippen LogP) is 6.09. The van der Waals surface area contributed by atoms with Gasteiger partial charge in [-0.05, 0) is 44.0 Å². The third kappa shape index (κ3) is 7.62. The molecule has 0 aliphatic rings. The van der Waals surface area contributed by atoms with Crippen molar-refractivity contribution in [1.82, 2.24) is 9.88 Å². The number of rotatable bonds is 11. The van der Waals surface area contributed by atoms with Crippen LogP contribution in [-0.4, -0.2) is 33.8 Å². The summed E-state index contributed by atoms with van der Waals surface area (Å²) in [5.74, 6) is -1.50. The van der Waals surface area contributed by atoms with Crippen LogP contribution in [-0.2, 0) is 20.9 Å². The van der Waals surface area contributed by atoms with Gasteiger partial charge in [0.05, 0.1) is 12.3 Å². The third-order valence-electron chi connectivity index (χ3n) is 7.10. The van der Waals surface area contributed by atoms with Gasteiger partial charge >= 0.3 is 11.7 Å². The van der Waals surface area contributed by atoms with E-state index in [4.69, 9.17) is 13.9 Å². The van der Waals surface area contributed by atoms with E-state index in [0.29, 0.717) is 34.7 Å². The van der Waals surface area contributed by atoms with E-state index in [1.165, 1.54) is 0 Å². The minimum atomic E-state index is -1.43. The lowest BCUT2D eigenvalue weighted by Gasteiger charge is -2.26. The molecule has 2 N–H and O–H groups in total. The van der Waals surface area contributed by atoms with Crippen molar-refractivity contribution in [2.75, 3.05) is 6.61 Å². The molecule has 46 heavy (non-hydrogen) atoms. The Hall–Kier alpha value is -5.41. The summed E-state index contributed by atoms with van der Waals surface area (Å²) < 4.78 is 18.4. The summed E-state index contributed by atoms with van der Waals surface area (Å²) >= 11 is 0. The van der Waals surface area contributed by atoms with E-state index < -0.39 is 41.9 Å². The number of oxazole rings is 1. The molecule has 9 nitrogen and oxygen atoms in total. The largest absolute Gasteiger partial charge is 0.489 e. The van der Waals surface area contributed by atoms with Gasteiger partial charge in [-0.3, -0.25) is 9.36 Å². The van der Waals surface area contributed by atoms with Crippen LogP contribution in [0.1, 0.15) is 44.0 Å². The maximum atomic E-state index is 13.9. The van der Waals surface area contributed by atoms with Crippen molar-refractivity contribution in [2.45, 2.75) is 45.1 Å². The molecule has 236 valence electrons. The number of nitrogens with zero attached hydrogens (tertiary/aromatic N) is 1. The highest BCUT2D eigenvalue weighted by Crippen LogP contribution is 2.33. The minimum Gasteiger partial charge on any atom is -0.489 e. The first-order valence-corrected chi connectivity index (χ1v) is 14.9. The third-order valence-corrected chi connectivity index (χ3v) is 7.10. The van der Waals surface area contributed by atoms with Crippen molar-refractivity contribution in [3.8, 4) is 28.3 Å². The van der Waals surface area contributed by atoms with E-state index in [2.05, 4.69) is 5.32 Å². The second-order valence-electron chi connectivity index (χ2n) is 11.7. The molecule has 0 spiro atoms. The Balaban J connectivity index is 1.47. The van der Waals surface area contributed by atoms with Gasteiger partial charge in [0.2, 0.25) is 5.91 Å². The summed E-state index contributed by atoms with van der Waals surface area (Å²) in [7, 11) is 0. The first-order valence-electron chi connectivity index (χ1n) is 14.9. The number of aliphatic hydroxyl groups excluding tert-OH is 1. The van der Waals surface area contributed by atoms with Crippen LogP contribution in [0.15, 0.2) is 124 Å². The molecule has 1 amide bonds. The second-order valence-corrected chi connectivity index (χ2v) is 11.7. The fourth-order valence-corrected chi connectivity index (χ4v) is 4.98. The number of hydrogen-bond acceptors (Lipinski definition) is 7. The van der Waals surface area contributed by atoms with E-state index in [0.717, 1.165) is 10.1 Å². The van der Waals surface area contributed by atoms with Crippen LogP contribution in [0, 0.1) is 0 Å². The van der Waals surface area contributed by atoms with Crippen molar-refractivity contribution in [1.29, 1.82) is 0 Å². The van der Waals surface area contributed by atoms with Gasteiger partial charge in [0, 0.05) is 11.1 Å². The van der Waals surface area contributed by atoms with Crippen LogP contribution in [0.25, 0.3) is 22.6 Å². The van der Waals surface area contributed by atoms with Gasteiger partial charge < -0.3 is 24.3 Å². The molecule has 1 aromatic heterocycles. The Morgan fingerprint density at radius 2 is 1.39 bits per heavy atom. The number of aromatic nitrogens is 1. The summed E-state index contributed by atoms with van der Waals surface area (Å²) in [6, 6.07) is 31.8. The minimum absolute atomic E-state index is 0.248. The summed E-state index contributed by atoms with van der Waals surface area (Å²) in [6.07, 6.45) is 0. The number of ether oxygens (including phenoxy) is 2. The average molecular weight is 621 g/mol. The summed E-state index contributed by atoms with van der Waals surface area (Å²) in [5, 5.41) is 13.3. The van der Waals surface area contributed by atoms with Crippen molar-refractivity contribution in [3.05, 3.63) is 137 Å². The van der Waals surface area contributed by atoms with Crippen molar-refractivity contribution < 1.29 is 28.6 Å². The highest BCUT2D eigenvalue weighted by Gasteiger charge is 2.34. The number of hydrogen-bond donors (Lipinski definition) is 2. The Morgan fingerprint density at radius 3 is 1.96 bits per heavy atom. The smallest absolute Gasteiger partial charge is 0.420 e. The zero-order valence-electron chi connectivity index (χ0n) is 25.9. The van der Waals surface area contributed by atoms with Crippen molar-refractivity contribution in [2.24, 2.45) is 0 Å². The summed E-state index contributed by atoms with van der Waals surface area (Å²) in [4.78, 5) is 40.8. The quantitative estimate of drug-likeness (QED) is 0.172. The lowest BCUT2D eigenvalue weighted by atomic mass is 10.0. The Kier molecular flexibility index (Phi) is 9.83. The monoisotopic (exact) mass is 620 g/mol. The number of esters is 1. The predicted molar refractivity (Wildman–Crippen MR) is 174 cm³/mol. The number of carbonyl (C=O) groups is 2. The van der Waals surface area contributed by atoms with E-state index in [1.54, 1.807) is 93.6 Å². The van der Waals surface area contributed by atoms with Crippen molar-refractivity contribution in [3.63, 3.8) is 0 Å². The number of amides is 1. The lowest BCUT2D eigenvalue weighted by Crippen LogP contribution is -2.43. The zero-order valence-corrected chi connectivity index (χ0v) is 25.9. The van der Waals surface area contributed by atoms with E-state index in [9.17, 15) is 19.5 Å². The first-order chi connectivity index (χ1) is 22.1. The molecule has 0 aliphatic heterocycles. The topological polar surface area (TPSA) is 120 Å². The molecule has 1 heterocycles. The molecule has 0 saturated carbocycles. The highest BCUT2D eigenvalue weighted by molar-refractivity contribution is 5.89. The molecule has 2 atom stereocenters. The van der Waals surface area contributed by atoms with Gasteiger partial charge in [0.25, 0.3) is 0 Å². The van der Waals surface area contributed by atoms with Crippen LogP contribution in [0.5, 0.6) is 5.75 Å². The average Bonchev–Trinajstić information content (AvgIpc) is 3.40. The summed E-state index contributed by atoms with van der Waals surface area (Å²) in [6.45, 7) is 4.79. The molecule has 5 rings (SSSR count). The maximum Gasteiger partial charge on any atom is 0.420 e. The van der Waals surface area contributed by atoms with Crippen molar-refractivity contribution >= 4 is 11.9 Å². The standard InChI is InChI=1S/C37H36N2O7/c1-37(2,3)46-35(42)31(26-19-21-29(22-20-26)44-24-25-13-7-4-8-14-25)38-34(41)30(23-40)39-32(27-15-9-5-10-16-27)33(45-36(39)43)28-17-11-6-12-18-28/h4-22,30-31,40H,23-24H2,1-3H3,(H,38,41)/t30-,31-/m0/s1. The van der Waals surface area contributed by atoms with Gasteiger partial charge in [-0.2, -0.15) is 0 Å². The van der Waals surface area contributed by atoms with Crippen LogP contribution in [0.2, 0.25) is 0 Å². The SMILES string of the molecule is CC(C)(C)OC(=O)[C@@H](NC(=O)[C@H](CO)n1c(-c2ccccc2)c(-c2ccccc2)oc1=O)c1ccc(OCc2ccccc2)cc1. The molecular formula is C37H36N2O7. The number of aliphatic hydroxyl groups is 1. The molecule has 0 unspecified atom stereocenters. The molecule has 4 aromatic carbocycles. The molecule has 5 aromatic rings. The Bertz CT molecular complexity index is 1810. The Labute approximate surface area is 267 Å². The summed E-state index contributed by atoms with van der Waals surface area (Å²) in [5.41, 5.74) is 2.13. The van der Waals surface area contributed by atoms with E-state index in [1.807, 2.05) is 42.5 Å². The molecule has 0 saturated heterocycles. The second kappa shape index (κ2) is 14.1. The molecular weight excluding hydrogens is 584 g/mol. The fourth-order valence-electron chi connectivity index (χ4n) is 4.98. The number of nitrogens with one attached hydrogen (secondary N) is 1. The highest BCUT2D eigenvalue weighted by atomic mass is 16.6. The van der Waals surface area contributed by atoms with Gasteiger partial charge in [0.1, 0.15) is 24.0 Å². The van der Waals surface area contributed by atoms with Gasteiger partial charge in [0.15, 0.2) is 11.8 Å². The molecule has 9 heteroatoms. The number of carbonyl (C=O) groups excluding carboxylic acids is 2. The normalized spacial score (nSPS) is 12.6. The van der Waals surface area contributed by atoms with E-state index >= 15 is 0 Å². The molecule has 0 bridgehead atoms. The zero-order chi connectivity index (χ0) is 32.7. The first kappa shape index (κ1) is 32.0. The van der Waals surface area contributed by atoms with Crippen LogP contribution >= 0.6 is 0 Å². The molecule has 0 aliphatic carbocycles. The van der Waals surface area contributed by atoms with Gasteiger partial charge in [-0.25, -0.2) is 9.59 Å². The molecule has 0 fully saturated rings. The molecule has 0 radical (unpaired) electrons. The Morgan fingerprint density at radius 1 is 0.826 bits per heavy atom. The lowest BCUT2D eigenvalue weighted by molar-refractivity contribution is -0.159. The van der Waals surface area contributed by atoms with Crippen LogP contribution in [0.3, 0.4) is 0 Å². The van der Waals surface area contributed by atoms with Gasteiger partial charge in [-0.1, -0.05) is 103 Å². The number of benzene rings is 4. The van der Waals surface area contributed by atoms with Crippen LogP contribution in [0.4, 0.5) is 0 Å². The van der Waals surface area contributed by atoms with Gasteiger partial charge in [-0.15, -0.1) is 0 Å². The van der Waals surface area contributed by atoms with Crippen LogP contribution < -0.4 is 15.8 Å². The maximum absolute atomic E-state index is 13.9.